The normalized spacial score (nSPS) is 11.7. The van der Waals surface area contributed by atoms with Crippen LogP contribution in [0.2, 0.25) is 0 Å². The summed E-state index contributed by atoms with van der Waals surface area (Å²) in [5.74, 6) is -7.49. The number of benzene rings is 1. The number of Topliss-reactive ketones (excluding diaryl/α,β-unsaturated/α-hetero) is 1. The second-order valence-electron chi connectivity index (χ2n) is 2.96. The molecular weight excluding hydrogens is 238 g/mol. The first-order chi connectivity index (χ1) is 7.16. The molecule has 0 saturated carbocycles. The van der Waals surface area contributed by atoms with Gasteiger partial charge in [-0.15, -0.1) is 0 Å². The highest BCUT2D eigenvalue weighted by molar-refractivity contribution is 5.94. The highest BCUT2D eigenvalue weighted by Gasteiger charge is 2.40. The van der Waals surface area contributed by atoms with Gasteiger partial charge in [-0.05, 0) is 13.0 Å². The van der Waals surface area contributed by atoms with Gasteiger partial charge in [0.2, 0.25) is 0 Å². The van der Waals surface area contributed by atoms with Gasteiger partial charge in [-0.1, -0.05) is 0 Å². The second kappa shape index (κ2) is 3.80. The monoisotopic (exact) mass is 242 g/mol. The van der Waals surface area contributed by atoms with E-state index in [2.05, 4.69) is 0 Å². The van der Waals surface area contributed by atoms with Crippen LogP contribution in [0.15, 0.2) is 6.07 Å². The van der Waals surface area contributed by atoms with Crippen molar-refractivity contribution in [2.75, 3.05) is 0 Å². The molecular formula is C9H4F6O. The molecule has 0 aliphatic heterocycles. The Morgan fingerprint density at radius 1 is 1.12 bits per heavy atom. The number of rotatable bonds is 1. The fourth-order valence-electron chi connectivity index (χ4n) is 1.11. The first-order valence-electron chi connectivity index (χ1n) is 3.92. The topological polar surface area (TPSA) is 17.1 Å². The maximum absolute atomic E-state index is 13.1. The minimum absolute atomic E-state index is 0.0994. The molecule has 0 N–H and O–H groups in total. The van der Waals surface area contributed by atoms with Crippen LogP contribution >= 0.6 is 0 Å². The van der Waals surface area contributed by atoms with Gasteiger partial charge in [0.1, 0.15) is 11.4 Å². The summed E-state index contributed by atoms with van der Waals surface area (Å²) >= 11 is 0. The first-order valence-corrected chi connectivity index (χ1v) is 3.92. The molecule has 0 heterocycles. The Labute approximate surface area is 85.7 Å². The van der Waals surface area contributed by atoms with Crippen LogP contribution in [0.3, 0.4) is 0 Å². The summed E-state index contributed by atoms with van der Waals surface area (Å²) in [6.07, 6.45) is -5.40. The van der Waals surface area contributed by atoms with E-state index < -0.39 is 40.5 Å². The third-order valence-corrected chi connectivity index (χ3v) is 1.82. The van der Waals surface area contributed by atoms with Crippen LogP contribution in [-0.4, -0.2) is 5.78 Å². The van der Waals surface area contributed by atoms with Crippen LogP contribution in [0.1, 0.15) is 22.8 Å². The number of alkyl halides is 3. The van der Waals surface area contributed by atoms with Crippen LogP contribution in [0.4, 0.5) is 26.3 Å². The van der Waals surface area contributed by atoms with E-state index in [4.69, 9.17) is 0 Å². The number of ketones is 1. The lowest BCUT2D eigenvalue weighted by Crippen LogP contribution is -2.16. The Morgan fingerprint density at radius 3 is 2.00 bits per heavy atom. The molecule has 0 unspecified atom stereocenters. The van der Waals surface area contributed by atoms with Crippen LogP contribution in [0.25, 0.3) is 0 Å². The molecule has 0 aromatic heterocycles. The van der Waals surface area contributed by atoms with E-state index in [1.807, 2.05) is 0 Å². The second-order valence-corrected chi connectivity index (χ2v) is 2.96. The Hall–Kier alpha value is -1.53. The summed E-state index contributed by atoms with van der Waals surface area (Å²) in [6, 6.07) is 0.0994. The van der Waals surface area contributed by atoms with E-state index >= 15 is 0 Å². The molecule has 7 heteroatoms. The van der Waals surface area contributed by atoms with Crippen LogP contribution < -0.4 is 0 Å². The van der Waals surface area contributed by atoms with E-state index in [1.54, 1.807) is 0 Å². The lowest BCUT2D eigenvalue weighted by molar-refractivity contribution is -0.142. The zero-order valence-corrected chi connectivity index (χ0v) is 7.75. The molecule has 1 nitrogen and oxygen atoms in total. The summed E-state index contributed by atoms with van der Waals surface area (Å²) in [7, 11) is 0. The maximum atomic E-state index is 13.1. The van der Waals surface area contributed by atoms with E-state index in [9.17, 15) is 31.1 Å². The zero-order valence-electron chi connectivity index (χ0n) is 7.75. The Kier molecular flexibility index (Phi) is 2.98. The highest BCUT2D eigenvalue weighted by Crippen LogP contribution is 2.35. The maximum Gasteiger partial charge on any atom is 0.422 e. The average molecular weight is 242 g/mol. The molecule has 0 radical (unpaired) electrons. The van der Waals surface area contributed by atoms with Crippen molar-refractivity contribution < 1.29 is 31.1 Å². The molecule has 0 bridgehead atoms. The fourth-order valence-corrected chi connectivity index (χ4v) is 1.11. The van der Waals surface area contributed by atoms with Gasteiger partial charge in [0.15, 0.2) is 17.4 Å². The van der Waals surface area contributed by atoms with Crippen molar-refractivity contribution in [3.63, 3.8) is 0 Å². The Bertz CT molecular complexity index is 448. The average Bonchev–Trinajstić information content (AvgIpc) is 2.08. The fraction of sp³-hybridized carbons (Fsp3) is 0.222. The van der Waals surface area contributed by atoms with Gasteiger partial charge in [-0.25, -0.2) is 13.2 Å². The summed E-state index contributed by atoms with van der Waals surface area (Å²) in [4.78, 5) is 10.7. The van der Waals surface area contributed by atoms with E-state index in [1.165, 1.54) is 0 Å². The molecule has 16 heavy (non-hydrogen) atoms. The smallest absolute Gasteiger partial charge is 0.294 e. The van der Waals surface area contributed by atoms with Gasteiger partial charge >= 0.3 is 6.18 Å². The van der Waals surface area contributed by atoms with Crippen molar-refractivity contribution in [1.82, 2.24) is 0 Å². The quantitative estimate of drug-likeness (QED) is 0.419. The van der Waals surface area contributed by atoms with Gasteiger partial charge in [-0.3, -0.25) is 4.79 Å². The van der Waals surface area contributed by atoms with Crippen molar-refractivity contribution >= 4 is 5.78 Å². The number of hydrogen-bond donors (Lipinski definition) is 0. The highest BCUT2D eigenvalue weighted by atomic mass is 19.4. The van der Waals surface area contributed by atoms with Crippen LogP contribution in [0, 0.1) is 17.5 Å². The van der Waals surface area contributed by atoms with Gasteiger partial charge < -0.3 is 0 Å². The largest absolute Gasteiger partial charge is 0.422 e. The van der Waals surface area contributed by atoms with Gasteiger partial charge in [0.25, 0.3) is 0 Å². The lowest BCUT2D eigenvalue weighted by atomic mass is 10.1. The van der Waals surface area contributed by atoms with Crippen molar-refractivity contribution in [3.05, 3.63) is 34.6 Å². The van der Waals surface area contributed by atoms with E-state index in [0.717, 1.165) is 6.92 Å². The molecule has 0 saturated heterocycles. The van der Waals surface area contributed by atoms with Crippen molar-refractivity contribution in [1.29, 1.82) is 0 Å². The molecule has 0 aliphatic carbocycles. The molecule has 0 fully saturated rings. The molecule has 0 aliphatic rings. The molecule has 1 aromatic carbocycles. The molecule has 0 spiro atoms. The Balaban J connectivity index is 3.66. The summed E-state index contributed by atoms with van der Waals surface area (Å²) in [6.45, 7) is 0.746. The van der Waals surface area contributed by atoms with E-state index in [-0.39, 0.29) is 6.07 Å². The summed E-state index contributed by atoms with van der Waals surface area (Å²) < 4.78 is 75.1. The molecule has 88 valence electrons. The van der Waals surface area contributed by atoms with Gasteiger partial charge in [0.05, 0.1) is 5.56 Å². The third kappa shape index (κ3) is 2.02. The minimum Gasteiger partial charge on any atom is -0.294 e. The summed E-state index contributed by atoms with van der Waals surface area (Å²) in [5, 5.41) is 0. The van der Waals surface area contributed by atoms with E-state index in [0.29, 0.717) is 0 Å². The predicted octanol–water partition coefficient (Wildman–Crippen LogP) is 3.33. The standard InChI is InChI=1S/C9H4F6O/c1-3(16)4-2-5(10)8(12)6(7(4)11)9(13,14)15/h2H,1H3. The van der Waals surface area contributed by atoms with Crippen molar-refractivity contribution in [2.45, 2.75) is 13.1 Å². The number of halogens is 6. The third-order valence-electron chi connectivity index (χ3n) is 1.82. The predicted molar refractivity (Wildman–Crippen MR) is 41.3 cm³/mol. The Morgan fingerprint density at radius 2 is 1.62 bits per heavy atom. The summed E-state index contributed by atoms with van der Waals surface area (Å²) in [5.41, 5.74) is -3.52. The lowest BCUT2D eigenvalue weighted by Gasteiger charge is -2.11. The number of carbonyl (C=O) groups excluding carboxylic acids is 1. The molecule has 1 rings (SSSR count). The molecule has 0 amide bonds. The van der Waals surface area contributed by atoms with Crippen LogP contribution in [-0.2, 0) is 6.18 Å². The SMILES string of the molecule is CC(=O)c1cc(F)c(F)c(C(F)(F)F)c1F. The van der Waals surface area contributed by atoms with Crippen molar-refractivity contribution in [2.24, 2.45) is 0 Å². The number of hydrogen-bond acceptors (Lipinski definition) is 1. The first kappa shape index (κ1) is 12.5. The minimum atomic E-state index is -5.40. The number of carbonyl (C=O) groups is 1. The van der Waals surface area contributed by atoms with Crippen molar-refractivity contribution in [3.8, 4) is 0 Å². The zero-order chi connectivity index (χ0) is 12.7. The van der Waals surface area contributed by atoms with Crippen LogP contribution in [0.5, 0.6) is 0 Å². The molecule has 0 atom stereocenters. The van der Waals surface area contributed by atoms with Gasteiger partial charge in [0, 0.05) is 0 Å². The molecule has 1 aromatic rings. The van der Waals surface area contributed by atoms with Gasteiger partial charge in [-0.2, -0.15) is 13.2 Å².